The quantitative estimate of drug-likeness (QED) is 0.279. The highest BCUT2D eigenvalue weighted by Crippen LogP contribution is 2.64. The van der Waals surface area contributed by atoms with Gasteiger partial charge in [-0.15, -0.1) is 4.40 Å². The Labute approximate surface area is 163 Å². The predicted octanol–water partition coefficient (Wildman–Crippen LogP) is 3.56. The third kappa shape index (κ3) is 3.64. The van der Waals surface area contributed by atoms with Crippen LogP contribution >= 0.6 is 0 Å². The Morgan fingerprint density at radius 2 is 0.750 bits per heavy atom. The molecule has 0 aromatic carbocycles. The lowest BCUT2D eigenvalue weighted by molar-refractivity contribution is -0.458. The van der Waals surface area contributed by atoms with E-state index in [-0.39, 0.29) is 0 Å². The molecule has 0 aliphatic carbocycles. The number of hydrogen-bond donors (Lipinski definition) is 2. The molecule has 32 heavy (non-hydrogen) atoms. The normalized spacial score (nSPS) is 16.2. The molecule has 0 rings (SSSR count). The van der Waals surface area contributed by atoms with Crippen LogP contribution in [0.3, 0.4) is 0 Å². The van der Waals surface area contributed by atoms with E-state index in [0.29, 0.717) is 0 Å². The van der Waals surface area contributed by atoms with Gasteiger partial charge in [0.25, 0.3) is 0 Å². The summed E-state index contributed by atoms with van der Waals surface area (Å²) >= 11 is 0. The summed E-state index contributed by atoms with van der Waals surface area (Å²) in [5.41, 5.74) is 8.31. The second kappa shape index (κ2) is 7.27. The fourth-order valence-corrected chi connectivity index (χ4v) is 2.35. The Balaban J connectivity index is 7.03. The van der Waals surface area contributed by atoms with Gasteiger partial charge in [-0.2, -0.15) is 83.1 Å². The zero-order valence-corrected chi connectivity index (χ0v) is 14.6. The smallest absolute Gasteiger partial charge is 0.369 e. The molecule has 0 aliphatic heterocycles. The highest BCUT2D eigenvalue weighted by Gasteiger charge is 2.96. The zero-order valence-electron chi connectivity index (χ0n) is 13.8. The van der Waals surface area contributed by atoms with E-state index in [0.717, 1.165) is 0 Å². The van der Waals surface area contributed by atoms with E-state index >= 15 is 0 Å². The molecule has 0 radical (unpaired) electrons. The molecule has 0 amide bonds. The van der Waals surface area contributed by atoms with Crippen molar-refractivity contribution in [3.63, 3.8) is 0 Å². The van der Waals surface area contributed by atoms with Gasteiger partial charge < -0.3 is 11.5 Å². The Bertz CT molecular complexity index is 855. The topological polar surface area (TPSA) is 98.5 Å². The fraction of sp³-hybridized carbons (Fsp3) is 0.889. The minimum absolute atomic E-state index is 1.26. The van der Waals surface area contributed by atoms with Crippen molar-refractivity contribution in [1.82, 2.24) is 0 Å². The number of halogens is 17. The molecule has 192 valence electrons. The molecule has 0 unspecified atom stereocenters. The lowest BCUT2D eigenvalue weighted by Crippen LogP contribution is -2.74. The molecule has 0 bridgehead atoms. The molecule has 0 fully saturated rings. The first-order chi connectivity index (χ1) is 13.4. The minimum atomic E-state index is -8.90. The largest absolute Gasteiger partial charge is 0.460 e. The van der Waals surface area contributed by atoms with Gasteiger partial charge in [-0.05, 0) is 0 Å². The lowest BCUT2D eigenvalue weighted by Gasteiger charge is -2.42. The number of rotatable bonds is 8. The molecule has 23 heteroatoms. The van der Waals surface area contributed by atoms with Crippen LogP contribution < -0.4 is 11.5 Å². The highest BCUT2D eigenvalue weighted by molar-refractivity contribution is 7.91. The van der Waals surface area contributed by atoms with Gasteiger partial charge >= 0.3 is 57.0 Å². The Hall–Kier alpha value is -1.97. The maximum absolute atomic E-state index is 13.4. The average molecular weight is 541 g/mol. The van der Waals surface area contributed by atoms with Crippen molar-refractivity contribution in [2.45, 2.75) is 47.0 Å². The minimum Gasteiger partial charge on any atom is -0.369 e. The molecule has 0 spiro atoms. The monoisotopic (exact) mass is 541 g/mol. The van der Waals surface area contributed by atoms with Crippen molar-refractivity contribution in [3.8, 4) is 0 Å². The van der Waals surface area contributed by atoms with Gasteiger partial charge in [0.1, 0.15) is 0 Å². The van der Waals surface area contributed by atoms with Crippen LogP contribution in [0.25, 0.3) is 0 Å². The maximum atomic E-state index is 13.4. The van der Waals surface area contributed by atoms with Crippen LogP contribution in [0.1, 0.15) is 0 Å². The molecular formula is C9H4F17N3O2S. The Kier molecular flexibility index (Phi) is 6.82. The molecule has 0 aromatic rings. The molecule has 0 saturated carbocycles. The first kappa shape index (κ1) is 30.0. The van der Waals surface area contributed by atoms with E-state index in [1.807, 2.05) is 0 Å². The average Bonchev–Trinajstić information content (AvgIpc) is 2.51. The Morgan fingerprint density at radius 3 is 1.00 bits per heavy atom. The predicted molar refractivity (Wildman–Crippen MR) is 65.4 cm³/mol. The van der Waals surface area contributed by atoms with E-state index in [1.165, 1.54) is 4.40 Å². The first-order valence-corrected chi connectivity index (χ1v) is 7.92. The van der Waals surface area contributed by atoms with Crippen molar-refractivity contribution < 1.29 is 83.1 Å². The molecule has 0 atom stereocenters. The van der Waals surface area contributed by atoms with E-state index in [9.17, 15) is 83.1 Å². The lowest BCUT2D eigenvalue weighted by atomic mass is 9.91. The number of alkyl halides is 17. The second-order valence-electron chi connectivity index (χ2n) is 5.45. The van der Waals surface area contributed by atoms with Crippen molar-refractivity contribution in [3.05, 3.63) is 0 Å². The van der Waals surface area contributed by atoms with E-state index < -0.39 is 62.9 Å². The summed E-state index contributed by atoms with van der Waals surface area (Å²) in [6.07, 6.45) is -7.89. The number of hydrogen-bond acceptors (Lipinski definition) is 2. The summed E-state index contributed by atoms with van der Waals surface area (Å²) < 4.78 is 243. The highest BCUT2D eigenvalue weighted by atomic mass is 32.2. The number of sulfonamides is 1. The fourth-order valence-electron chi connectivity index (χ4n) is 1.51. The standard InChI is InChI=1S/C9H4F17N3O2S/c10-2(11,4(14,15)6(18,19)8(22,23)24)3(12,13)5(16,17)7(20,21)9(25,26)32(30,31)29-1(27)28/h(H4,27,28,29). The van der Waals surface area contributed by atoms with Crippen LogP contribution in [-0.2, 0) is 10.0 Å². The summed E-state index contributed by atoms with van der Waals surface area (Å²) in [4.78, 5) is 0. The van der Waals surface area contributed by atoms with E-state index in [4.69, 9.17) is 0 Å². The number of nitrogens with zero attached hydrogens (tertiary/aromatic N) is 1. The van der Waals surface area contributed by atoms with Gasteiger partial charge in [-0.3, -0.25) is 0 Å². The molecule has 0 aromatic heterocycles. The zero-order chi connectivity index (χ0) is 26.8. The molecular weight excluding hydrogens is 537 g/mol. The van der Waals surface area contributed by atoms with Gasteiger partial charge in [-0.1, -0.05) is 0 Å². The second-order valence-corrected chi connectivity index (χ2v) is 7.10. The van der Waals surface area contributed by atoms with Crippen LogP contribution in [0.2, 0.25) is 0 Å². The van der Waals surface area contributed by atoms with Crippen LogP contribution in [0.15, 0.2) is 4.40 Å². The summed E-state index contributed by atoms with van der Waals surface area (Å²) in [5.74, 6) is -54.2. The van der Waals surface area contributed by atoms with Crippen molar-refractivity contribution in [1.29, 1.82) is 0 Å². The molecule has 0 aliphatic rings. The van der Waals surface area contributed by atoms with Gasteiger partial charge in [0.05, 0.1) is 0 Å². The first-order valence-electron chi connectivity index (χ1n) is 6.48. The number of nitrogens with two attached hydrogens (primary N) is 2. The van der Waals surface area contributed by atoms with E-state index in [2.05, 4.69) is 11.5 Å². The van der Waals surface area contributed by atoms with Crippen molar-refractivity contribution >= 4 is 16.0 Å². The molecule has 4 N–H and O–H groups in total. The summed E-state index contributed by atoms with van der Waals surface area (Å²) in [5, 5.41) is -7.76. The third-order valence-corrected chi connectivity index (χ3v) is 4.60. The molecule has 0 heterocycles. The van der Waals surface area contributed by atoms with Crippen LogP contribution in [0, 0.1) is 0 Å². The van der Waals surface area contributed by atoms with Crippen LogP contribution in [0.4, 0.5) is 74.6 Å². The molecule has 0 saturated heterocycles. The van der Waals surface area contributed by atoms with Gasteiger partial charge in [0.2, 0.25) is 5.96 Å². The van der Waals surface area contributed by atoms with Crippen molar-refractivity contribution in [2.75, 3.05) is 0 Å². The van der Waals surface area contributed by atoms with Crippen molar-refractivity contribution in [2.24, 2.45) is 15.9 Å². The van der Waals surface area contributed by atoms with Gasteiger partial charge in [0.15, 0.2) is 0 Å². The van der Waals surface area contributed by atoms with Crippen LogP contribution in [-0.4, -0.2) is 61.3 Å². The SMILES string of the molecule is NC(N)=NS(=O)(=O)C(F)(F)C(F)(F)C(F)(F)C(F)(F)C(F)(F)C(F)(F)C(F)(F)C(F)(F)F. The summed E-state index contributed by atoms with van der Waals surface area (Å²) in [6.45, 7) is 0. The summed E-state index contributed by atoms with van der Waals surface area (Å²) in [6, 6.07) is 0. The third-order valence-electron chi connectivity index (χ3n) is 3.24. The number of guanidine groups is 1. The molecule has 5 nitrogen and oxygen atoms in total. The van der Waals surface area contributed by atoms with E-state index in [1.54, 1.807) is 0 Å². The van der Waals surface area contributed by atoms with Crippen LogP contribution in [0.5, 0.6) is 0 Å². The Morgan fingerprint density at radius 1 is 0.500 bits per heavy atom. The van der Waals surface area contributed by atoms with Gasteiger partial charge in [0, 0.05) is 0 Å². The maximum Gasteiger partial charge on any atom is 0.460 e. The van der Waals surface area contributed by atoms with Gasteiger partial charge in [-0.25, -0.2) is 0 Å². The summed E-state index contributed by atoms with van der Waals surface area (Å²) in [7, 11) is -7.61.